The van der Waals surface area contributed by atoms with Crippen molar-refractivity contribution in [2.24, 2.45) is 0 Å². The van der Waals surface area contributed by atoms with Crippen molar-refractivity contribution < 1.29 is 14.6 Å². The summed E-state index contributed by atoms with van der Waals surface area (Å²) in [4.78, 5) is 0. The first-order valence-electron chi connectivity index (χ1n) is 5.92. The lowest BCUT2D eigenvalue weighted by atomic mass is 9.94. The third-order valence-corrected chi connectivity index (χ3v) is 3.05. The van der Waals surface area contributed by atoms with Gasteiger partial charge in [0.25, 0.3) is 0 Å². The quantitative estimate of drug-likeness (QED) is 0.857. The minimum atomic E-state index is 0.112. The highest BCUT2D eigenvalue weighted by Crippen LogP contribution is 2.37. The van der Waals surface area contributed by atoms with E-state index in [2.05, 4.69) is 13.8 Å². The predicted octanol–water partition coefficient (Wildman–Crippen LogP) is 2.67. The van der Waals surface area contributed by atoms with Crippen molar-refractivity contribution in [1.82, 2.24) is 0 Å². The number of ether oxygens (including phenoxy) is 2. The minimum absolute atomic E-state index is 0.112. The zero-order valence-corrected chi connectivity index (χ0v) is 11.3. The second-order valence-electron chi connectivity index (χ2n) is 4.43. The summed E-state index contributed by atoms with van der Waals surface area (Å²) in [5.41, 5.74) is 3.23. The monoisotopic (exact) mass is 238 g/mol. The molecule has 3 heteroatoms. The van der Waals surface area contributed by atoms with Gasteiger partial charge in [-0.15, -0.1) is 0 Å². The molecule has 1 N–H and O–H groups in total. The van der Waals surface area contributed by atoms with Crippen LogP contribution in [0.2, 0.25) is 0 Å². The molecular weight excluding hydrogens is 216 g/mol. The second-order valence-corrected chi connectivity index (χ2v) is 4.43. The van der Waals surface area contributed by atoms with E-state index in [1.54, 1.807) is 14.2 Å². The Morgan fingerprint density at radius 3 is 2.29 bits per heavy atom. The van der Waals surface area contributed by atoms with Crippen LogP contribution in [-0.2, 0) is 6.42 Å². The van der Waals surface area contributed by atoms with Crippen LogP contribution in [0.5, 0.6) is 11.5 Å². The molecule has 0 unspecified atom stereocenters. The number of hydrogen-bond donors (Lipinski definition) is 1. The van der Waals surface area contributed by atoms with Gasteiger partial charge >= 0.3 is 0 Å². The average molecular weight is 238 g/mol. The highest BCUT2D eigenvalue weighted by atomic mass is 16.5. The summed E-state index contributed by atoms with van der Waals surface area (Å²) >= 11 is 0. The van der Waals surface area contributed by atoms with Crippen LogP contribution in [0.1, 0.15) is 36.5 Å². The van der Waals surface area contributed by atoms with Crippen LogP contribution < -0.4 is 9.47 Å². The Hall–Kier alpha value is -1.22. The smallest absolute Gasteiger partial charge is 0.125 e. The SMILES string of the molecule is COc1cc(C(C)C)c(OC)c(C)c1CCO. The molecular formula is C14H22O3. The average Bonchev–Trinajstić information content (AvgIpc) is 2.31. The number of aliphatic hydroxyl groups is 1. The zero-order chi connectivity index (χ0) is 13.0. The van der Waals surface area contributed by atoms with Gasteiger partial charge in [-0.2, -0.15) is 0 Å². The number of benzene rings is 1. The fourth-order valence-corrected chi connectivity index (χ4v) is 2.14. The normalized spacial score (nSPS) is 10.8. The van der Waals surface area contributed by atoms with Crippen molar-refractivity contribution in [2.45, 2.75) is 33.1 Å². The predicted molar refractivity (Wildman–Crippen MR) is 69.2 cm³/mol. The van der Waals surface area contributed by atoms with Crippen LogP contribution >= 0.6 is 0 Å². The molecule has 3 nitrogen and oxygen atoms in total. The molecule has 1 aromatic carbocycles. The van der Waals surface area contributed by atoms with Gasteiger partial charge in [0.1, 0.15) is 11.5 Å². The molecule has 0 heterocycles. The highest BCUT2D eigenvalue weighted by Gasteiger charge is 2.17. The molecule has 1 aromatic rings. The molecule has 0 fully saturated rings. The molecule has 0 aliphatic heterocycles. The van der Waals surface area contributed by atoms with Crippen molar-refractivity contribution >= 4 is 0 Å². The van der Waals surface area contributed by atoms with E-state index in [0.717, 1.165) is 28.2 Å². The highest BCUT2D eigenvalue weighted by molar-refractivity contribution is 5.54. The Balaban J connectivity index is 3.43. The van der Waals surface area contributed by atoms with Gasteiger partial charge in [-0.1, -0.05) is 13.8 Å². The molecule has 96 valence electrons. The van der Waals surface area contributed by atoms with Gasteiger partial charge in [-0.3, -0.25) is 0 Å². The van der Waals surface area contributed by atoms with Gasteiger partial charge < -0.3 is 14.6 Å². The van der Waals surface area contributed by atoms with Crippen molar-refractivity contribution in [1.29, 1.82) is 0 Å². The molecule has 0 aromatic heterocycles. The Labute approximate surface area is 103 Å². The van der Waals surface area contributed by atoms with Crippen LogP contribution in [-0.4, -0.2) is 25.9 Å². The van der Waals surface area contributed by atoms with Crippen molar-refractivity contribution in [3.05, 3.63) is 22.8 Å². The maximum Gasteiger partial charge on any atom is 0.125 e. The fraction of sp³-hybridized carbons (Fsp3) is 0.571. The summed E-state index contributed by atoms with van der Waals surface area (Å²) in [6.45, 7) is 6.38. The number of hydrogen-bond acceptors (Lipinski definition) is 3. The van der Waals surface area contributed by atoms with Gasteiger partial charge in [-0.25, -0.2) is 0 Å². The zero-order valence-electron chi connectivity index (χ0n) is 11.3. The third-order valence-electron chi connectivity index (χ3n) is 3.05. The van der Waals surface area contributed by atoms with Gasteiger partial charge in [0.2, 0.25) is 0 Å². The summed E-state index contributed by atoms with van der Waals surface area (Å²) in [5.74, 6) is 2.12. The Kier molecular flexibility index (Phi) is 4.82. The van der Waals surface area contributed by atoms with E-state index in [4.69, 9.17) is 14.6 Å². The number of methoxy groups -OCH3 is 2. The van der Waals surface area contributed by atoms with Crippen molar-refractivity contribution in [3.63, 3.8) is 0 Å². The molecule has 0 aliphatic rings. The van der Waals surface area contributed by atoms with Crippen molar-refractivity contribution in [3.8, 4) is 11.5 Å². The molecule has 0 aliphatic carbocycles. The van der Waals surface area contributed by atoms with E-state index in [1.807, 2.05) is 13.0 Å². The summed E-state index contributed by atoms with van der Waals surface area (Å²) in [6, 6.07) is 2.02. The molecule has 0 bridgehead atoms. The Morgan fingerprint density at radius 1 is 1.24 bits per heavy atom. The van der Waals surface area contributed by atoms with E-state index >= 15 is 0 Å². The van der Waals surface area contributed by atoms with Gasteiger partial charge in [0, 0.05) is 17.7 Å². The van der Waals surface area contributed by atoms with E-state index in [0.29, 0.717) is 12.3 Å². The summed E-state index contributed by atoms with van der Waals surface area (Å²) in [5, 5.41) is 9.11. The van der Waals surface area contributed by atoms with Gasteiger partial charge in [0.05, 0.1) is 14.2 Å². The van der Waals surface area contributed by atoms with Gasteiger partial charge in [-0.05, 0) is 30.9 Å². The molecule has 17 heavy (non-hydrogen) atoms. The van der Waals surface area contributed by atoms with Gasteiger partial charge in [0.15, 0.2) is 0 Å². The lowest BCUT2D eigenvalue weighted by Crippen LogP contribution is -2.05. The minimum Gasteiger partial charge on any atom is -0.496 e. The largest absolute Gasteiger partial charge is 0.496 e. The fourth-order valence-electron chi connectivity index (χ4n) is 2.14. The summed E-state index contributed by atoms with van der Waals surface area (Å²) in [7, 11) is 3.34. The topological polar surface area (TPSA) is 38.7 Å². The first kappa shape index (κ1) is 13.8. The van der Waals surface area contributed by atoms with Crippen LogP contribution in [0.25, 0.3) is 0 Å². The lowest BCUT2D eigenvalue weighted by Gasteiger charge is -2.20. The van der Waals surface area contributed by atoms with E-state index in [1.165, 1.54) is 0 Å². The number of aliphatic hydroxyl groups excluding tert-OH is 1. The van der Waals surface area contributed by atoms with Crippen molar-refractivity contribution in [2.75, 3.05) is 20.8 Å². The third kappa shape index (κ3) is 2.72. The number of rotatable bonds is 5. The van der Waals surface area contributed by atoms with Crippen LogP contribution in [0.15, 0.2) is 6.07 Å². The van der Waals surface area contributed by atoms with Crippen LogP contribution in [0.3, 0.4) is 0 Å². The standard InChI is InChI=1S/C14H22O3/c1-9(2)12-8-13(16-4)11(6-7-15)10(3)14(12)17-5/h8-9,15H,6-7H2,1-5H3. The first-order valence-corrected chi connectivity index (χ1v) is 5.92. The molecule has 0 amide bonds. The van der Waals surface area contributed by atoms with E-state index in [-0.39, 0.29) is 6.61 Å². The first-order chi connectivity index (χ1) is 8.06. The van der Waals surface area contributed by atoms with Crippen LogP contribution in [0, 0.1) is 6.92 Å². The molecule has 1 rings (SSSR count). The molecule has 0 saturated heterocycles. The van der Waals surface area contributed by atoms with Crippen LogP contribution in [0.4, 0.5) is 0 Å². The second kappa shape index (κ2) is 5.92. The lowest BCUT2D eigenvalue weighted by molar-refractivity contribution is 0.295. The maximum atomic E-state index is 9.11. The molecule has 0 saturated carbocycles. The van der Waals surface area contributed by atoms with E-state index < -0.39 is 0 Å². The summed E-state index contributed by atoms with van der Waals surface area (Å²) < 4.78 is 10.9. The summed E-state index contributed by atoms with van der Waals surface area (Å²) in [6.07, 6.45) is 0.587. The Morgan fingerprint density at radius 2 is 1.88 bits per heavy atom. The molecule has 0 spiro atoms. The van der Waals surface area contributed by atoms with E-state index in [9.17, 15) is 0 Å². The Bertz CT molecular complexity index is 384. The molecule has 0 radical (unpaired) electrons. The molecule has 0 atom stereocenters. The maximum absolute atomic E-state index is 9.11.